The molecule has 3 aromatic heterocycles. The molecule has 0 saturated carbocycles. The molecule has 0 aliphatic carbocycles. The largest absolute Gasteiger partial charge is 0.355 e. The van der Waals surface area contributed by atoms with Crippen molar-refractivity contribution in [1.29, 1.82) is 0 Å². The van der Waals surface area contributed by atoms with Gasteiger partial charge in [0.25, 0.3) is 5.91 Å². The maximum Gasteiger partial charge on any atom is 0.279 e. The van der Waals surface area contributed by atoms with Gasteiger partial charge < -0.3 is 4.52 Å². The Hall–Kier alpha value is -2.20. The van der Waals surface area contributed by atoms with Crippen LogP contribution in [0.3, 0.4) is 0 Å². The number of anilines is 1. The summed E-state index contributed by atoms with van der Waals surface area (Å²) in [6.07, 6.45) is 0. The highest BCUT2D eigenvalue weighted by Crippen LogP contribution is 2.29. The van der Waals surface area contributed by atoms with Crippen molar-refractivity contribution in [3.8, 4) is 10.6 Å². The molecule has 27 heavy (non-hydrogen) atoms. The van der Waals surface area contributed by atoms with Crippen LogP contribution in [0.1, 0.15) is 16.1 Å². The molecule has 1 N–H and O–H groups in total. The number of aromatic nitrogens is 3. The molecule has 0 aliphatic heterocycles. The highest BCUT2D eigenvalue weighted by Gasteiger charge is 2.16. The van der Waals surface area contributed by atoms with Crippen LogP contribution in [-0.4, -0.2) is 21.3 Å². The van der Waals surface area contributed by atoms with Crippen molar-refractivity contribution in [2.24, 2.45) is 0 Å². The summed E-state index contributed by atoms with van der Waals surface area (Å²) in [6, 6.07) is 13.1. The molecule has 10 heteroatoms. The van der Waals surface area contributed by atoms with Crippen LogP contribution in [0.2, 0.25) is 5.02 Å². The van der Waals surface area contributed by atoms with Gasteiger partial charge in [-0.05, 0) is 29.1 Å². The second kappa shape index (κ2) is 8.22. The van der Waals surface area contributed by atoms with Crippen LogP contribution in [0.25, 0.3) is 10.6 Å². The first kappa shape index (κ1) is 18.2. The molecule has 6 nitrogen and oxygen atoms in total. The molecule has 0 aliphatic rings. The minimum atomic E-state index is -0.382. The second-order valence-corrected chi connectivity index (χ2v) is 8.88. The van der Waals surface area contributed by atoms with Gasteiger partial charge in [-0.25, -0.2) is 0 Å². The van der Waals surface area contributed by atoms with Crippen molar-refractivity contribution in [3.63, 3.8) is 0 Å². The quantitative estimate of drug-likeness (QED) is 0.321. The standard InChI is InChI=1S/C17H11ClN4O2S3/c18-11-5-3-10(4-6-11)9-26-17-21-20-16(27-17)19-15(23)12-8-13(24-22-12)14-2-1-7-25-14/h1-8H,9H2,(H,19,20,23). The molecular formula is C17H11ClN4O2S3. The van der Waals surface area contributed by atoms with E-state index in [9.17, 15) is 4.79 Å². The summed E-state index contributed by atoms with van der Waals surface area (Å²) < 4.78 is 5.99. The first-order chi connectivity index (χ1) is 13.2. The Kier molecular flexibility index (Phi) is 5.53. The zero-order chi connectivity index (χ0) is 18.6. The fraction of sp³-hybridized carbons (Fsp3) is 0.0588. The Morgan fingerprint density at radius 1 is 1.22 bits per heavy atom. The maximum atomic E-state index is 12.3. The minimum absolute atomic E-state index is 0.198. The van der Waals surface area contributed by atoms with Crippen LogP contribution in [-0.2, 0) is 5.75 Å². The van der Waals surface area contributed by atoms with Crippen LogP contribution in [0.15, 0.2) is 56.7 Å². The summed E-state index contributed by atoms with van der Waals surface area (Å²) in [7, 11) is 0. The normalized spacial score (nSPS) is 10.9. The Bertz CT molecular complexity index is 1040. The van der Waals surface area contributed by atoms with E-state index < -0.39 is 0 Å². The van der Waals surface area contributed by atoms with E-state index in [4.69, 9.17) is 16.1 Å². The predicted molar refractivity (Wildman–Crippen MR) is 109 cm³/mol. The average molecular weight is 435 g/mol. The molecule has 4 aromatic rings. The Balaban J connectivity index is 1.36. The lowest BCUT2D eigenvalue weighted by Crippen LogP contribution is -2.11. The van der Waals surface area contributed by atoms with Crippen LogP contribution >= 0.6 is 46.0 Å². The number of benzene rings is 1. The Labute approximate surface area is 171 Å². The Morgan fingerprint density at radius 3 is 2.85 bits per heavy atom. The first-order valence-electron chi connectivity index (χ1n) is 7.70. The number of rotatable bonds is 6. The molecule has 0 atom stereocenters. The first-order valence-corrected chi connectivity index (χ1v) is 10.8. The summed E-state index contributed by atoms with van der Waals surface area (Å²) in [4.78, 5) is 13.2. The van der Waals surface area contributed by atoms with Gasteiger partial charge in [0.15, 0.2) is 15.8 Å². The average Bonchev–Trinajstić information content (AvgIpc) is 3.42. The number of carbonyl (C=O) groups excluding carboxylic acids is 1. The lowest BCUT2D eigenvalue weighted by atomic mass is 10.2. The molecule has 0 bridgehead atoms. The van der Waals surface area contributed by atoms with Gasteiger partial charge in [-0.2, -0.15) is 0 Å². The molecule has 1 aromatic carbocycles. The molecule has 0 saturated heterocycles. The van der Waals surface area contributed by atoms with E-state index in [1.807, 2.05) is 41.8 Å². The zero-order valence-electron chi connectivity index (χ0n) is 13.6. The number of thioether (sulfide) groups is 1. The molecule has 1 amide bonds. The number of hydrogen-bond acceptors (Lipinski definition) is 8. The van der Waals surface area contributed by atoms with Gasteiger partial charge in [-0.15, -0.1) is 21.5 Å². The lowest BCUT2D eigenvalue weighted by Gasteiger charge is -1.98. The number of nitrogens with zero attached hydrogens (tertiary/aromatic N) is 3. The number of thiophene rings is 1. The highest BCUT2D eigenvalue weighted by atomic mass is 35.5. The fourth-order valence-electron chi connectivity index (χ4n) is 2.12. The summed E-state index contributed by atoms with van der Waals surface area (Å²) in [6.45, 7) is 0. The van der Waals surface area contributed by atoms with Crippen molar-refractivity contribution in [1.82, 2.24) is 15.4 Å². The third-order valence-corrected chi connectivity index (χ3v) is 6.59. The van der Waals surface area contributed by atoms with E-state index in [1.165, 1.54) is 22.7 Å². The van der Waals surface area contributed by atoms with E-state index in [2.05, 4.69) is 20.7 Å². The van der Waals surface area contributed by atoms with Crippen LogP contribution in [0.4, 0.5) is 5.13 Å². The van der Waals surface area contributed by atoms with Gasteiger partial charge in [-0.1, -0.05) is 58.1 Å². The topological polar surface area (TPSA) is 80.9 Å². The summed E-state index contributed by atoms with van der Waals surface area (Å²) in [5, 5.41) is 17.7. The van der Waals surface area contributed by atoms with Gasteiger partial charge in [0.1, 0.15) is 0 Å². The van der Waals surface area contributed by atoms with Gasteiger partial charge in [0.05, 0.1) is 4.88 Å². The molecule has 136 valence electrons. The minimum Gasteiger partial charge on any atom is -0.355 e. The molecule has 0 fully saturated rings. The van der Waals surface area contributed by atoms with Crippen molar-refractivity contribution in [2.45, 2.75) is 10.1 Å². The smallest absolute Gasteiger partial charge is 0.279 e. The fourth-order valence-corrected chi connectivity index (χ4v) is 4.62. The second-order valence-electron chi connectivity index (χ2n) is 5.30. The molecule has 0 radical (unpaired) electrons. The number of halogens is 1. The number of amides is 1. The van der Waals surface area contributed by atoms with E-state index in [1.54, 1.807) is 17.8 Å². The van der Waals surface area contributed by atoms with Crippen molar-refractivity contribution < 1.29 is 9.32 Å². The van der Waals surface area contributed by atoms with Gasteiger partial charge in [0.2, 0.25) is 5.13 Å². The van der Waals surface area contributed by atoms with Gasteiger partial charge in [0, 0.05) is 16.8 Å². The van der Waals surface area contributed by atoms with E-state index in [0.717, 1.165) is 20.5 Å². The maximum absolute atomic E-state index is 12.3. The summed E-state index contributed by atoms with van der Waals surface area (Å²) >= 11 is 10.3. The van der Waals surface area contributed by atoms with E-state index in [0.29, 0.717) is 15.9 Å². The third kappa shape index (κ3) is 4.56. The van der Waals surface area contributed by atoms with Crippen molar-refractivity contribution in [2.75, 3.05) is 5.32 Å². The van der Waals surface area contributed by atoms with Crippen molar-refractivity contribution >= 4 is 57.1 Å². The lowest BCUT2D eigenvalue weighted by molar-refractivity contribution is 0.101. The number of carbonyl (C=O) groups is 1. The molecular weight excluding hydrogens is 424 g/mol. The van der Waals surface area contributed by atoms with Crippen LogP contribution < -0.4 is 5.32 Å². The summed E-state index contributed by atoms with van der Waals surface area (Å²) in [5.41, 5.74) is 1.33. The highest BCUT2D eigenvalue weighted by molar-refractivity contribution is 8.00. The Morgan fingerprint density at radius 2 is 2.07 bits per heavy atom. The summed E-state index contributed by atoms with van der Waals surface area (Å²) in [5.74, 6) is 0.923. The molecule has 0 unspecified atom stereocenters. The SMILES string of the molecule is O=C(Nc1nnc(SCc2ccc(Cl)cc2)s1)c1cc(-c2cccs2)on1. The van der Waals surface area contributed by atoms with E-state index >= 15 is 0 Å². The monoisotopic (exact) mass is 434 g/mol. The van der Waals surface area contributed by atoms with Crippen molar-refractivity contribution in [3.05, 3.63) is 64.1 Å². The third-order valence-electron chi connectivity index (χ3n) is 3.41. The van der Waals surface area contributed by atoms with Gasteiger partial charge >= 0.3 is 0 Å². The molecule has 3 heterocycles. The predicted octanol–water partition coefficient (Wildman–Crippen LogP) is 5.45. The van der Waals surface area contributed by atoms with Crippen LogP contribution in [0.5, 0.6) is 0 Å². The molecule has 4 rings (SSSR count). The van der Waals surface area contributed by atoms with E-state index in [-0.39, 0.29) is 11.6 Å². The zero-order valence-corrected chi connectivity index (χ0v) is 16.8. The van der Waals surface area contributed by atoms with Crippen LogP contribution in [0, 0.1) is 0 Å². The number of hydrogen-bond donors (Lipinski definition) is 1. The number of nitrogens with one attached hydrogen (secondary N) is 1. The molecule has 0 spiro atoms. The van der Waals surface area contributed by atoms with Gasteiger partial charge in [-0.3, -0.25) is 10.1 Å².